The molecule has 4 N–H and O–H groups in total. The molecule has 0 bridgehead atoms. The smallest absolute Gasteiger partial charge is 0.311 e. The quantitative estimate of drug-likeness (QED) is 0.757. The summed E-state index contributed by atoms with van der Waals surface area (Å²) >= 11 is 0. The first-order valence-corrected chi connectivity index (χ1v) is 6.69. The van der Waals surface area contributed by atoms with Crippen molar-refractivity contribution in [2.45, 2.75) is 32.6 Å². The van der Waals surface area contributed by atoms with E-state index >= 15 is 0 Å². The molecular weight excluding hydrogens is 258 g/mol. The Bertz CT molecular complexity index is 536. The van der Waals surface area contributed by atoms with Gasteiger partial charge < -0.3 is 16.2 Å². The molecule has 0 aliphatic heterocycles. The number of aryl methyl sites for hydroxylation is 1. The second kappa shape index (κ2) is 5.48. The molecule has 6 nitrogen and oxygen atoms in total. The lowest BCUT2D eigenvalue weighted by molar-refractivity contribution is -0.147. The van der Waals surface area contributed by atoms with E-state index < -0.39 is 17.3 Å². The van der Waals surface area contributed by atoms with Crippen LogP contribution in [0.25, 0.3) is 0 Å². The van der Waals surface area contributed by atoms with Crippen LogP contribution in [0.15, 0.2) is 12.1 Å². The van der Waals surface area contributed by atoms with E-state index in [1.165, 1.54) is 0 Å². The van der Waals surface area contributed by atoms with Crippen molar-refractivity contribution in [3.63, 3.8) is 0 Å². The number of carboxylic acid groups (broad SMARTS) is 1. The van der Waals surface area contributed by atoms with E-state index in [-0.39, 0.29) is 0 Å². The number of carbonyl (C=O) groups excluding carboxylic acids is 1. The maximum Gasteiger partial charge on any atom is 0.311 e. The van der Waals surface area contributed by atoms with Crippen LogP contribution in [0.4, 0.5) is 5.82 Å². The maximum absolute atomic E-state index is 11.5. The summed E-state index contributed by atoms with van der Waals surface area (Å²) in [6, 6.07) is 3.16. The van der Waals surface area contributed by atoms with Gasteiger partial charge in [0.05, 0.1) is 5.41 Å². The highest BCUT2D eigenvalue weighted by Gasteiger charge is 2.41. The van der Waals surface area contributed by atoms with E-state index in [0.29, 0.717) is 36.5 Å². The molecule has 2 rings (SSSR count). The average molecular weight is 277 g/mol. The molecule has 1 aliphatic rings. The van der Waals surface area contributed by atoms with Crippen LogP contribution in [-0.2, 0) is 4.79 Å². The Morgan fingerprint density at radius 3 is 2.60 bits per heavy atom. The molecule has 1 aromatic rings. The molecule has 1 aromatic heterocycles. The van der Waals surface area contributed by atoms with Crippen LogP contribution in [-0.4, -0.2) is 28.5 Å². The maximum atomic E-state index is 11.5. The molecule has 108 valence electrons. The molecule has 1 aliphatic carbocycles. The highest BCUT2D eigenvalue weighted by atomic mass is 16.4. The van der Waals surface area contributed by atoms with E-state index in [0.717, 1.165) is 12.8 Å². The number of rotatable bonds is 5. The van der Waals surface area contributed by atoms with Gasteiger partial charge in [0.25, 0.3) is 0 Å². The molecule has 0 saturated heterocycles. The average Bonchev–Trinajstić information content (AvgIpc) is 2.86. The third-order valence-electron chi connectivity index (χ3n) is 3.86. The first-order chi connectivity index (χ1) is 9.43. The molecule has 20 heavy (non-hydrogen) atoms. The van der Waals surface area contributed by atoms with Crippen molar-refractivity contribution in [2.75, 3.05) is 11.9 Å². The van der Waals surface area contributed by atoms with Crippen LogP contribution in [0.5, 0.6) is 0 Å². The number of hydrogen-bond acceptors (Lipinski definition) is 4. The SMILES string of the molecule is Cc1cc(C(N)=O)cc(NCC2(C(=O)O)CCCC2)n1. The summed E-state index contributed by atoms with van der Waals surface area (Å²) in [6.45, 7) is 2.08. The normalized spacial score (nSPS) is 16.9. The highest BCUT2D eigenvalue weighted by molar-refractivity contribution is 5.93. The van der Waals surface area contributed by atoms with Gasteiger partial charge >= 0.3 is 5.97 Å². The van der Waals surface area contributed by atoms with Gasteiger partial charge in [-0.25, -0.2) is 4.98 Å². The van der Waals surface area contributed by atoms with E-state index in [9.17, 15) is 14.7 Å². The van der Waals surface area contributed by atoms with Crippen LogP contribution in [0, 0.1) is 12.3 Å². The molecule has 1 saturated carbocycles. The van der Waals surface area contributed by atoms with Gasteiger partial charge in [-0.1, -0.05) is 12.8 Å². The van der Waals surface area contributed by atoms with Crippen LogP contribution in [0.3, 0.4) is 0 Å². The standard InChI is InChI=1S/C14H19N3O3/c1-9-6-10(12(15)18)7-11(17-9)16-8-14(13(19)20)4-2-3-5-14/h6-7H,2-5,8H2,1H3,(H2,15,18)(H,16,17)(H,19,20). The molecule has 0 atom stereocenters. The first kappa shape index (κ1) is 14.3. The minimum absolute atomic E-state index is 0.316. The summed E-state index contributed by atoms with van der Waals surface area (Å²) in [4.78, 5) is 26.9. The fourth-order valence-electron chi connectivity index (χ4n) is 2.68. The number of carboxylic acids is 1. The zero-order chi connectivity index (χ0) is 14.8. The predicted octanol–water partition coefficient (Wildman–Crippen LogP) is 1.55. The zero-order valence-electron chi connectivity index (χ0n) is 11.5. The molecule has 1 fully saturated rings. The molecule has 6 heteroatoms. The summed E-state index contributed by atoms with van der Waals surface area (Å²) in [6.07, 6.45) is 3.21. The van der Waals surface area contributed by atoms with Crippen molar-refractivity contribution >= 4 is 17.7 Å². The second-order valence-electron chi connectivity index (χ2n) is 5.39. The lowest BCUT2D eigenvalue weighted by Gasteiger charge is -2.24. The van der Waals surface area contributed by atoms with Gasteiger partial charge in [0.15, 0.2) is 0 Å². The van der Waals surface area contributed by atoms with Crippen molar-refractivity contribution in [1.82, 2.24) is 4.98 Å². The fourth-order valence-corrected chi connectivity index (χ4v) is 2.68. The first-order valence-electron chi connectivity index (χ1n) is 6.69. The van der Waals surface area contributed by atoms with Crippen molar-refractivity contribution in [3.05, 3.63) is 23.4 Å². The van der Waals surface area contributed by atoms with Gasteiger partial charge in [0, 0.05) is 17.8 Å². The Morgan fingerprint density at radius 2 is 2.05 bits per heavy atom. The van der Waals surface area contributed by atoms with E-state index in [4.69, 9.17) is 5.73 Å². The number of hydrogen-bond donors (Lipinski definition) is 3. The number of aliphatic carboxylic acids is 1. The molecular formula is C14H19N3O3. The van der Waals surface area contributed by atoms with E-state index in [1.54, 1.807) is 19.1 Å². The summed E-state index contributed by atoms with van der Waals surface area (Å²) in [5.74, 6) is -0.802. The van der Waals surface area contributed by atoms with Gasteiger partial charge in [-0.2, -0.15) is 0 Å². The number of nitrogens with one attached hydrogen (secondary N) is 1. The number of pyridine rings is 1. The van der Waals surface area contributed by atoms with Gasteiger partial charge in [-0.3, -0.25) is 9.59 Å². The van der Waals surface area contributed by atoms with Crippen molar-refractivity contribution in [3.8, 4) is 0 Å². The van der Waals surface area contributed by atoms with Crippen LogP contribution >= 0.6 is 0 Å². The Labute approximate surface area is 117 Å². The summed E-state index contributed by atoms with van der Waals surface area (Å²) in [7, 11) is 0. The third kappa shape index (κ3) is 2.89. The molecule has 1 amide bonds. The minimum Gasteiger partial charge on any atom is -0.481 e. The lowest BCUT2D eigenvalue weighted by atomic mass is 9.86. The monoisotopic (exact) mass is 277 g/mol. The van der Waals surface area contributed by atoms with Crippen molar-refractivity contribution in [2.24, 2.45) is 11.1 Å². The Hall–Kier alpha value is -2.11. The number of aromatic nitrogens is 1. The summed E-state index contributed by atoms with van der Waals surface area (Å²) in [5, 5.41) is 12.4. The molecule has 0 spiro atoms. The van der Waals surface area contributed by atoms with Crippen molar-refractivity contribution < 1.29 is 14.7 Å². The molecule has 1 heterocycles. The van der Waals surface area contributed by atoms with Crippen LogP contribution in [0.1, 0.15) is 41.7 Å². The van der Waals surface area contributed by atoms with E-state index in [1.807, 2.05) is 0 Å². The predicted molar refractivity (Wildman–Crippen MR) is 74.5 cm³/mol. The number of nitrogens with two attached hydrogens (primary N) is 1. The van der Waals surface area contributed by atoms with Gasteiger partial charge in [-0.05, 0) is 31.9 Å². The fraction of sp³-hybridized carbons (Fsp3) is 0.500. The van der Waals surface area contributed by atoms with Gasteiger partial charge in [0.1, 0.15) is 5.82 Å². The summed E-state index contributed by atoms with van der Waals surface area (Å²) in [5.41, 5.74) is 5.57. The van der Waals surface area contributed by atoms with Gasteiger partial charge in [0.2, 0.25) is 5.91 Å². The summed E-state index contributed by atoms with van der Waals surface area (Å²) < 4.78 is 0. The largest absolute Gasteiger partial charge is 0.481 e. The molecule has 0 aromatic carbocycles. The molecule has 0 unspecified atom stereocenters. The third-order valence-corrected chi connectivity index (χ3v) is 3.86. The number of primary amides is 1. The van der Waals surface area contributed by atoms with Crippen molar-refractivity contribution in [1.29, 1.82) is 0 Å². The second-order valence-corrected chi connectivity index (χ2v) is 5.39. The molecule has 0 radical (unpaired) electrons. The van der Waals surface area contributed by atoms with E-state index in [2.05, 4.69) is 10.3 Å². The highest BCUT2D eigenvalue weighted by Crippen LogP contribution is 2.38. The Morgan fingerprint density at radius 1 is 1.40 bits per heavy atom. The minimum atomic E-state index is -0.773. The van der Waals surface area contributed by atoms with Crippen LogP contribution < -0.4 is 11.1 Å². The zero-order valence-corrected chi connectivity index (χ0v) is 11.5. The number of nitrogens with zero attached hydrogens (tertiary/aromatic N) is 1. The Balaban J connectivity index is 2.14. The van der Waals surface area contributed by atoms with Crippen LogP contribution in [0.2, 0.25) is 0 Å². The number of anilines is 1. The number of carbonyl (C=O) groups is 2. The lowest BCUT2D eigenvalue weighted by Crippen LogP contribution is -2.35. The number of amides is 1. The Kier molecular flexibility index (Phi) is 3.92. The van der Waals surface area contributed by atoms with Gasteiger partial charge in [-0.15, -0.1) is 0 Å². The topological polar surface area (TPSA) is 105 Å².